The minimum atomic E-state index is -1.20. The zero-order chi connectivity index (χ0) is 14.9. The maximum atomic E-state index is 12.0. The van der Waals surface area contributed by atoms with Gasteiger partial charge in [0.1, 0.15) is 12.6 Å². The van der Waals surface area contributed by atoms with E-state index >= 15 is 0 Å². The Hall–Kier alpha value is -2.42. The van der Waals surface area contributed by atoms with Gasteiger partial charge in [-0.2, -0.15) is 0 Å². The number of aliphatic hydroxyl groups is 1. The first-order chi connectivity index (χ1) is 9.38. The first-order valence-electron chi connectivity index (χ1n) is 5.88. The average Bonchev–Trinajstić information content (AvgIpc) is 2.75. The van der Waals surface area contributed by atoms with Gasteiger partial charge in [0.05, 0.1) is 6.10 Å². The number of nitrogens with one attached hydrogen (secondary N) is 1. The number of carbonyl (C=O) groups excluding carboxylic acids is 1. The number of carboxylic acids is 1. The molecule has 20 heavy (non-hydrogen) atoms. The molecule has 2 atom stereocenters. The van der Waals surface area contributed by atoms with Crippen LogP contribution in [-0.4, -0.2) is 55.2 Å². The Morgan fingerprint density at radius 3 is 2.70 bits per heavy atom. The van der Waals surface area contributed by atoms with Crippen LogP contribution in [0.5, 0.6) is 0 Å². The van der Waals surface area contributed by atoms with Crippen molar-refractivity contribution in [2.45, 2.75) is 25.1 Å². The summed E-state index contributed by atoms with van der Waals surface area (Å²) in [7, 11) is 0. The molecule has 1 unspecified atom stereocenters. The molecule has 0 radical (unpaired) electrons. The van der Waals surface area contributed by atoms with E-state index in [2.05, 4.69) is 0 Å². The topological polar surface area (TPSA) is 133 Å². The summed E-state index contributed by atoms with van der Waals surface area (Å²) < 4.78 is 0.966. The number of nitrogens with zero attached hydrogens (tertiary/aromatic N) is 2. The molecule has 0 saturated carbocycles. The number of β-amino-alcohol motifs (C(OH)–C–C–N with tert-alkyl or cyclic N) is 1. The average molecular weight is 283 g/mol. The third kappa shape index (κ3) is 2.77. The number of hydrogen-bond donors (Lipinski definition) is 3. The molecule has 2 rings (SSSR count). The van der Waals surface area contributed by atoms with Gasteiger partial charge in [0.2, 0.25) is 5.91 Å². The lowest BCUT2D eigenvalue weighted by Crippen LogP contribution is -2.44. The summed E-state index contributed by atoms with van der Waals surface area (Å²) in [5.74, 6) is -1.81. The Labute approximate surface area is 112 Å². The van der Waals surface area contributed by atoms with Gasteiger partial charge in [-0.05, 0) is 0 Å². The molecule has 3 N–H and O–H groups in total. The molecule has 1 aromatic heterocycles. The van der Waals surface area contributed by atoms with E-state index < -0.39 is 41.8 Å². The second-order valence-corrected chi connectivity index (χ2v) is 4.53. The van der Waals surface area contributed by atoms with Crippen molar-refractivity contribution < 1.29 is 19.8 Å². The number of carboxylic acid groups (broad SMARTS) is 1. The highest BCUT2D eigenvalue weighted by Crippen LogP contribution is 2.18. The molecule has 108 valence electrons. The lowest BCUT2D eigenvalue weighted by Gasteiger charge is -2.21. The van der Waals surface area contributed by atoms with Crippen LogP contribution in [0.1, 0.15) is 6.42 Å². The Morgan fingerprint density at radius 1 is 1.40 bits per heavy atom. The quantitative estimate of drug-likeness (QED) is 0.565. The number of rotatable bonds is 3. The van der Waals surface area contributed by atoms with Crippen molar-refractivity contribution >= 4 is 11.9 Å². The molecule has 1 amide bonds. The predicted octanol–water partition coefficient (Wildman–Crippen LogP) is -2.42. The number of aromatic amines is 1. The second-order valence-electron chi connectivity index (χ2n) is 4.53. The maximum Gasteiger partial charge on any atom is 0.328 e. The highest BCUT2D eigenvalue weighted by atomic mass is 16.4. The monoisotopic (exact) mass is 283 g/mol. The summed E-state index contributed by atoms with van der Waals surface area (Å²) in [5, 5.41) is 18.4. The summed E-state index contributed by atoms with van der Waals surface area (Å²) >= 11 is 0. The third-order valence-corrected chi connectivity index (χ3v) is 3.09. The molecule has 9 nitrogen and oxygen atoms in total. The maximum absolute atomic E-state index is 12.0. The zero-order valence-electron chi connectivity index (χ0n) is 10.4. The number of aliphatic carboxylic acids is 1. The van der Waals surface area contributed by atoms with E-state index in [1.807, 2.05) is 4.98 Å². The van der Waals surface area contributed by atoms with E-state index in [-0.39, 0.29) is 13.0 Å². The summed E-state index contributed by atoms with van der Waals surface area (Å²) in [6.07, 6.45) is 0.218. The number of carbonyl (C=O) groups is 2. The van der Waals surface area contributed by atoms with Crippen LogP contribution in [0, 0.1) is 0 Å². The van der Waals surface area contributed by atoms with Crippen LogP contribution >= 0.6 is 0 Å². The van der Waals surface area contributed by atoms with Crippen molar-refractivity contribution in [3.63, 3.8) is 0 Å². The normalized spacial score (nSPS) is 21.9. The molecule has 0 aliphatic carbocycles. The Kier molecular flexibility index (Phi) is 3.70. The van der Waals surface area contributed by atoms with Crippen molar-refractivity contribution in [3.05, 3.63) is 33.1 Å². The van der Waals surface area contributed by atoms with Gasteiger partial charge >= 0.3 is 11.7 Å². The van der Waals surface area contributed by atoms with Crippen LogP contribution in [-0.2, 0) is 16.1 Å². The minimum absolute atomic E-state index is 0.0401. The first-order valence-corrected chi connectivity index (χ1v) is 5.88. The summed E-state index contributed by atoms with van der Waals surface area (Å²) in [4.78, 5) is 48.4. The molecule has 1 aromatic rings. The van der Waals surface area contributed by atoms with Crippen LogP contribution in [0.2, 0.25) is 0 Å². The lowest BCUT2D eigenvalue weighted by molar-refractivity contribution is -0.148. The largest absolute Gasteiger partial charge is 0.480 e. The van der Waals surface area contributed by atoms with Crippen LogP contribution in [0.25, 0.3) is 0 Å². The van der Waals surface area contributed by atoms with Gasteiger partial charge in [-0.3, -0.25) is 19.1 Å². The van der Waals surface area contributed by atoms with E-state index in [0.29, 0.717) is 0 Å². The number of hydrogen-bond acceptors (Lipinski definition) is 5. The van der Waals surface area contributed by atoms with E-state index in [1.54, 1.807) is 0 Å². The fraction of sp³-hybridized carbons (Fsp3) is 0.455. The number of aliphatic hydroxyl groups excluding tert-OH is 1. The molecule has 0 spiro atoms. The SMILES string of the molecule is O=C(O)[C@@H]1CC(O)CN1C(=O)Cn1ccc(=O)[nH]c1=O. The molecule has 2 heterocycles. The van der Waals surface area contributed by atoms with Crippen LogP contribution < -0.4 is 11.2 Å². The fourth-order valence-corrected chi connectivity index (χ4v) is 2.13. The highest BCUT2D eigenvalue weighted by Gasteiger charge is 2.38. The smallest absolute Gasteiger partial charge is 0.328 e. The Bertz CT molecular complexity index is 648. The number of amides is 1. The van der Waals surface area contributed by atoms with E-state index in [1.165, 1.54) is 0 Å². The number of H-pyrrole nitrogens is 1. The number of likely N-dealkylation sites (tertiary alicyclic amines) is 1. The second kappa shape index (κ2) is 5.29. The van der Waals surface area contributed by atoms with Crippen molar-refractivity contribution in [1.82, 2.24) is 14.5 Å². The van der Waals surface area contributed by atoms with E-state index in [4.69, 9.17) is 5.11 Å². The van der Waals surface area contributed by atoms with Crippen molar-refractivity contribution in [2.24, 2.45) is 0 Å². The molecule has 1 fully saturated rings. The van der Waals surface area contributed by atoms with Crippen LogP contribution in [0.3, 0.4) is 0 Å². The standard InChI is InChI=1S/C11H13N3O6/c15-6-3-7(10(18)19)14(4-6)9(17)5-13-2-1-8(16)12-11(13)20/h1-2,6-7,15H,3-5H2,(H,18,19)(H,12,16,20)/t6?,7-/m0/s1. The molecular weight excluding hydrogens is 270 g/mol. The molecule has 0 aromatic carbocycles. The van der Waals surface area contributed by atoms with Gasteiger partial charge in [-0.25, -0.2) is 9.59 Å². The predicted molar refractivity (Wildman–Crippen MR) is 65.1 cm³/mol. The molecule has 1 saturated heterocycles. The van der Waals surface area contributed by atoms with Crippen molar-refractivity contribution in [3.8, 4) is 0 Å². The summed E-state index contributed by atoms with van der Waals surface area (Å²) in [6, 6.07) is -0.0155. The van der Waals surface area contributed by atoms with Crippen LogP contribution in [0.15, 0.2) is 21.9 Å². The molecule has 1 aliphatic rings. The van der Waals surface area contributed by atoms with Gasteiger partial charge in [0, 0.05) is 25.2 Å². The fourth-order valence-electron chi connectivity index (χ4n) is 2.13. The third-order valence-electron chi connectivity index (χ3n) is 3.09. The van der Waals surface area contributed by atoms with Gasteiger partial charge in [0.15, 0.2) is 0 Å². The van der Waals surface area contributed by atoms with Gasteiger partial charge in [-0.1, -0.05) is 0 Å². The molecular formula is C11H13N3O6. The molecule has 9 heteroatoms. The Morgan fingerprint density at radius 2 is 2.10 bits per heavy atom. The van der Waals surface area contributed by atoms with Crippen molar-refractivity contribution in [2.75, 3.05) is 6.54 Å². The van der Waals surface area contributed by atoms with E-state index in [0.717, 1.165) is 21.7 Å². The highest BCUT2D eigenvalue weighted by molar-refractivity contribution is 5.84. The van der Waals surface area contributed by atoms with E-state index in [9.17, 15) is 24.3 Å². The first kappa shape index (κ1) is 14.0. The molecule has 1 aliphatic heterocycles. The number of aromatic nitrogens is 2. The van der Waals surface area contributed by atoms with Gasteiger partial charge < -0.3 is 15.1 Å². The Balaban J connectivity index is 2.17. The van der Waals surface area contributed by atoms with Gasteiger partial charge in [-0.15, -0.1) is 0 Å². The minimum Gasteiger partial charge on any atom is -0.480 e. The molecule has 0 bridgehead atoms. The lowest BCUT2D eigenvalue weighted by atomic mass is 10.2. The van der Waals surface area contributed by atoms with Crippen molar-refractivity contribution in [1.29, 1.82) is 0 Å². The summed E-state index contributed by atoms with van der Waals surface area (Å²) in [5.41, 5.74) is -1.34. The van der Waals surface area contributed by atoms with Crippen LogP contribution in [0.4, 0.5) is 0 Å². The zero-order valence-corrected chi connectivity index (χ0v) is 10.4. The van der Waals surface area contributed by atoms with Gasteiger partial charge in [0.25, 0.3) is 5.56 Å². The summed E-state index contributed by atoms with van der Waals surface area (Å²) in [6.45, 7) is -0.486.